The summed E-state index contributed by atoms with van der Waals surface area (Å²) < 4.78 is 20.6. The van der Waals surface area contributed by atoms with Crippen LogP contribution in [0.15, 0.2) is 28.7 Å². The summed E-state index contributed by atoms with van der Waals surface area (Å²) in [6, 6.07) is 5.55. The number of aromatic nitrogens is 4. The molecule has 0 bridgehead atoms. The monoisotopic (exact) mass is 335 g/mol. The quantitative estimate of drug-likeness (QED) is 0.795. The predicted octanol–water partition coefficient (Wildman–Crippen LogP) is 2.82. The minimum Gasteiger partial charge on any atom is -0.401 e. The van der Waals surface area contributed by atoms with Gasteiger partial charge in [-0.1, -0.05) is 22.8 Å². The van der Waals surface area contributed by atoms with Crippen LogP contribution >= 0.6 is 11.6 Å². The second-order valence-corrected chi connectivity index (χ2v) is 5.16. The maximum absolute atomic E-state index is 13.7. The van der Waals surface area contributed by atoms with Gasteiger partial charge in [0.15, 0.2) is 0 Å². The van der Waals surface area contributed by atoms with E-state index in [0.717, 1.165) is 11.8 Å². The second kappa shape index (κ2) is 5.81. The lowest BCUT2D eigenvalue weighted by Crippen LogP contribution is -2.14. The zero-order valence-electron chi connectivity index (χ0n) is 12.2. The molecule has 0 unspecified atom stereocenters. The van der Waals surface area contributed by atoms with E-state index >= 15 is 0 Å². The Morgan fingerprint density at radius 3 is 2.83 bits per heavy atom. The van der Waals surface area contributed by atoms with E-state index in [1.54, 1.807) is 17.8 Å². The van der Waals surface area contributed by atoms with Crippen LogP contribution in [0.2, 0.25) is 5.02 Å². The molecule has 0 aliphatic rings. The molecule has 0 saturated carbocycles. The van der Waals surface area contributed by atoms with Crippen LogP contribution in [-0.2, 0) is 7.05 Å². The number of benzene rings is 1. The lowest BCUT2D eigenvalue weighted by molar-refractivity contribution is 0.102. The van der Waals surface area contributed by atoms with Crippen molar-refractivity contribution in [3.63, 3.8) is 0 Å². The molecular weight excluding hydrogens is 325 g/mol. The first-order chi connectivity index (χ1) is 11.0. The third-order valence-electron chi connectivity index (χ3n) is 3.06. The lowest BCUT2D eigenvalue weighted by atomic mass is 10.2. The lowest BCUT2D eigenvalue weighted by Gasteiger charge is -2.04. The normalized spacial score (nSPS) is 10.8. The molecule has 0 atom stereocenters. The van der Waals surface area contributed by atoms with Crippen LogP contribution in [0.3, 0.4) is 0 Å². The van der Waals surface area contributed by atoms with Gasteiger partial charge in [0.1, 0.15) is 11.5 Å². The molecule has 3 aromatic rings. The number of halogens is 2. The third-order valence-corrected chi connectivity index (χ3v) is 3.37. The summed E-state index contributed by atoms with van der Waals surface area (Å²) in [6.45, 7) is 1.82. The summed E-state index contributed by atoms with van der Waals surface area (Å²) in [4.78, 5) is 12.1. The minimum atomic E-state index is -0.774. The van der Waals surface area contributed by atoms with E-state index < -0.39 is 11.7 Å². The van der Waals surface area contributed by atoms with E-state index in [9.17, 15) is 9.18 Å². The van der Waals surface area contributed by atoms with Gasteiger partial charge in [0, 0.05) is 7.05 Å². The molecule has 7 nitrogen and oxygen atoms in total. The number of aryl methyl sites for hydroxylation is 2. The Morgan fingerprint density at radius 2 is 2.17 bits per heavy atom. The highest BCUT2D eigenvalue weighted by molar-refractivity contribution is 6.34. The summed E-state index contributed by atoms with van der Waals surface area (Å²) in [5.74, 6) is -1.33. The van der Waals surface area contributed by atoms with Crippen LogP contribution in [0, 0.1) is 12.7 Å². The van der Waals surface area contributed by atoms with Crippen LogP contribution in [0.25, 0.3) is 11.6 Å². The topological polar surface area (TPSA) is 85.8 Å². The first kappa shape index (κ1) is 15.2. The smallest absolute Gasteiger partial charge is 0.322 e. The molecule has 3 rings (SSSR count). The maximum atomic E-state index is 13.7. The Balaban J connectivity index is 1.85. The number of nitrogens with zero attached hydrogens (tertiary/aromatic N) is 4. The number of carbonyl (C=O) groups is 1. The van der Waals surface area contributed by atoms with E-state index in [1.165, 1.54) is 12.1 Å². The largest absolute Gasteiger partial charge is 0.401 e. The molecule has 23 heavy (non-hydrogen) atoms. The highest BCUT2D eigenvalue weighted by Gasteiger charge is 2.19. The van der Waals surface area contributed by atoms with Gasteiger partial charge in [0.2, 0.25) is 0 Å². The summed E-state index contributed by atoms with van der Waals surface area (Å²) in [6.07, 6.45) is 0. The second-order valence-electron chi connectivity index (χ2n) is 4.76. The molecule has 2 aromatic heterocycles. The Hall–Kier alpha value is -2.74. The Kier molecular flexibility index (Phi) is 3.83. The van der Waals surface area contributed by atoms with Crippen LogP contribution in [0.5, 0.6) is 0 Å². The van der Waals surface area contributed by atoms with Crippen LogP contribution in [0.4, 0.5) is 10.4 Å². The van der Waals surface area contributed by atoms with Gasteiger partial charge in [0.25, 0.3) is 11.8 Å². The zero-order chi connectivity index (χ0) is 16.6. The standard InChI is InChI=1S/C14H11ClFN5O2/c1-7-6-10(21(2)20-7)13-18-19-14(23-13)17-12(22)11-8(15)4-3-5-9(11)16/h3-6H,1-2H3,(H,17,19,22). The third kappa shape index (κ3) is 2.93. The average Bonchev–Trinajstić information content (AvgIpc) is 3.05. The molecule has 1 aromatic carbocycles. The van der Waals surface area contributed by atoms with Crippen molar-refractivity contribution in [2.45, 2.75) is 6.92 Å². The van der Waals surface area contributed by atoms with Crippen molar-refractivity contribution in [1.82, 2.24) is 20.0 Å². The van der Waals surface area contributed by atoms with Gasteiger partial charge >= 0.3 is 6.01 Å². The van der Waals surface area contributed by atoms with Crippen molar-refractivity contribution in [1.29, 1.82) is 0 Å². The summed E-state index contributed by atoms with van der Waals surface area (Å²) in [5.41, 5.74) is 1.09. The van der Waals surface area contributed by atoms with E-state index in [-0.39, 0.29) is 22.5 Å². The van der Waals surface area contributed by atoms with Crippen LogP contribution in [0.1, 0.15) is 16.1 Å². The number of hydrogen-bond donors (Lipinski definition) is 1. The minimum absolute atomic E-state index is 0.00972. The van der Waals surface area contributed by atoms with Crippen molar-refractivity contribution >= 4 is 23.5 Å². The Bertz CT molecular complexity index is 869. The molecule has 1 N–H and O–H groups in total. The first-order valence-corrected chi connectivity index (χ1v) is 6.93. The van der Waals surface area contributed by atoms with Crippen molar-refractivity contribution < 1.29 is 13.6 Å². The van der Waals surface area contributed by atoms with E-state index in [1.807, 2.05) is 6.92 Å². The van der Waals surface area contributed by atoms with Crippen LogP contribution in [-0.4, -0.2) is 25.9 Å². The predicted molar refractivity (Wildman–Crippen MR) is 80.6 cm³/mol. The summed E-state index contributed by atoms with van der Waals surface area (Å²) in [7, 11) is 1.73. The Labute approximate surface area is 135 Å². The number of rotatable bonds is 3. The first-order valence-electron chi connectivity index (χ1n) is 6.55. The highest BCUT2D eigenvalue weighted by atomic mass is 35.5. The fourth-order valence-electron chi connectivity index (χ4n) is 2.06. The van der Waals surface area contributed by atoms with E-state index in [0.29, 0.717) is 5.69 Å². The van der Waals surface area contributed by atoms with Crippen molar-refractivity contribution in [3.8, 4) is 11.6 Å². The molecule has 0 aliphatic carbocycles. The molecule has 0 saturated heterocycles. The van der Waals surface area contributed by atoms with Gasteiger partial charge in [-0.15, -0.1) is 5.10 Å². The molecule has 0 fully saturated rings. The maximum Gasteiger partial charge on any atom is 0.322 e. The van der Waals surface area contributed by atoms with Crippen molar-refractivity contribution in [2.75, 3.05) is 5.32 Å². The summed E-state index contributed by atoms with van der Waals surface area (Å²) >= 11 is 5.84. The number of nitrogens with one attached hydrogen (secondary N) is 1. The van der Waals surface area contributed by atoms with E-state index in [4.69, 9.17) is 16.0 Å². The van der Waals surface area contributed by atoms with Gasteiger partial charge in [-0.25, -0.2) is 4.39 Å². The van der Waals surface area contributed by atoms with E-state index in [2.05, 4.69) is 20.6 Å². The summed E-state index contributed by atoms with van der Waals surface area (Å²) in [5, 5.41) is 14.0. The molecule has 0 spiro atoms. The molecule has 9 heteroatoms. The number of anilines is 1. The average molecular weight is 336 g/mol. The van der Waals surface area contributed by atoms with Gasteiger partial charge in [-0.3, -0.25) is 14.8 Å². The molecule has 0 radical (unpaired) electrons. The fraction of sp³-hybridized carbons (Fsp3) is 0.143. The number of hydrogen-bond acceptors (Lipinski definition) is 5. The molecule has 118 valence electrons. The molecular formula is C14H11ClFN5O2. The van der Waals surface area contributed by atoms with Gasteiger partial charge < -0.3 is 4.42 Å². The van der Waals surface area contributed by atoms with Gasteiger partial charge in [0.05, 0.1) is 16.3 Å². The van der Waals surface area contributed by atoms with Crippen molar-refractivity contribution in [2.24, 2.45) is 7.05 Å². The van der Waals surface area contributed by atoms with Crippen molar-refractivity contribution in [3.05, 3.63) is 46.4 Å². The van der Waals surface area contributed by atoms with Gasteiger partial charge in [-0.05, 0) is 25.1 Å². The number of amides is 1. The molecule has 1 amide bonds. The van der Waals surface area contributed by atoms with Crippen LogP contribution < -0.4 is 5.32 Å². The fourth-order valence-corrected chi connectivity index (χ4v) is 2.31. The van der Waals surface area contributed by atoms with Gasteiger partial charge in [-0.2, -0.15) is 5.10 Å². The number of carbonyl (C=O) groups excluding carboxylic acids is 1. The highest BCUT2D eigenvalue weighted by Crippen LogP contribution is 2.23. The zero-order valence-corrected chi connectivity index (χ0v) is 12.9. The Morgan fingerprint density at radius 1 is 1.39 bits per heavy atom. The SMILES string of the molecule is Cc1cc(-c2nnc(NC(=O)c3c(F)cccc3Cl)o2)n(C)n1. The molecule has 0 aliphatic heterocycles. The molecule has 2 heterocycles.